The van der Waals surface area contributed by atoms with Gasteiger partial charge < -0.3 is 5.32 Å². The van der Waals surface area contributed by atoms with E-state index in [2.05, 4.69) is 10.3 Å². The van der Waals surface area contributed by atoms with E-state index in [9.17, 15) is 13.2 Å². The molecular weight excluding hydrogens is 358 g/mol. The number of nitrogens with one attached hydrogen (secondary N) is 1. The number of carbonyl (C=O) groups excluding carboxylic acids is 1. The summed E-state index contributed by atoms with van der Waals surface area (Å²) in [6, 6.07) is 6.87. The predicted molar refractivity (Wildman–Crippen MR) is 96.6 cm³/mol. The Morgan fingerprint density at radius 3 is 2.56 bits per heavy atom. The van der Waals surface area contributed by atoms with E-state index in [-0.39, 0.29) is 11.8 Å². The van der Waals surface area contributed by atoms with Crippen LogP contribution in [-0.2, 0) is 21.4 Å². The second-order valence-electron chi connectivity index (χ2n) is 6.19. The summed E-state index contributed by atoms with van der Waals surface area (Å²) in [6.45, 7) is 3.08. The summed E-state index contributed by atoms with van der Waals surface area (Å²) >= 11 is 1.49. The summed E-state index contributed by atoms with van der Waals surface area (Å²) in [7, 11) is -3.48. The average molecular weight is 380 g/mol. The topological polar surface area (TPSA) is 79.4 Å². The molecule has 8 heteroatoms. The predicted octanol–water partition coefficient (Wildman–Crippen LogP) is 2.17. The molecule has 1 aliphatic heterocycles. The third-order valence-corrected chi connectivity index (χ3v) is 6.96. The first-order valence-corrected chi connectivity index (χ1v) is 10.6. The Kier molecular flexibility index (Phi) is 5.51. The van der Waals surface area contributed by atoms with Crippen molar-refractivity contribution in [2.75, 3.05) is 13.1 Å². The fourth-order valence-corrected chi connectivity index (χ4v) is 4.89. The van der Waals surface area contributed by atoms with Crippen LogP contribution in [0.1, 0.15) is 24.1 Å². The Labute approximate surface area is 151 Å². The monoisotopic (exact) mass is 379 g/mol. The summed E-state index contributed by atoms with van der Waals surface area (Å²) in [5.74, 6) is -0.177. The third kappa shape index (κ3) is 4.26. The first kappa shape index (κ1) is 18.0. The summed E-state index contributed by atoms with van der Waals surface area (Å²) in [5.41, 5.74) is 3.60. The smallest absolute Gasteiger partial charge is 0.243 e. The van der Waals surface area contributed by atoms with E-state index in [1.165, 1.54) is 15.6 Å². The van der Waals surface area contributed by atoms with Crippen molar-refractivity contribution in [2.24, 2.45) is 5.92 Å². The van der Waals surface area contributed by atoms with Gasteiger partial charge in [-0.3, -0.25) is 4.79 Å². The Morgan fingerprint density at radius 1 is 1.28 bits per heavy atom. The van der Waals surface area contributed by atoms with Crippen molar-refractivity contribution in [2.45, 2.75) is 31.2 Å². The minimum atomic E-state index is -3.48. The summed E-state index contributed by atoms with van der Waals surface area (Å²) in [6.07, 6.45) is 1.07. The van der Waals surface area contributed by atoms with Crippen LogP contribution in [0.25, 0.3) is 0 Å². The lowest BCUT2D eigenvalue weighted by Crippen LogP contribution is -2.42. The number of nitrogens with zero attached hydrogens (tertiary/aromatic N) is 2. The van der Waals surface area contributed by atoms with Crippen LogP contribution >= 0.6 is 11.3 Å². The molecule has 1 amide bonds. The molecule has 0 spiro atoms. The van der Waals surface area contributed by atoms with Gasteiger partial charge in [-0.2, -0.15) is 4.31 Å². The van der Waals surface area contributed by atoms with Crippen molar-refractivity contribution in [3.63, 3.8) is 0 Å². The second-order valence-corrected chi connectivity index (χ2v) is 8.85. The number of aryl methyl sites for hydroxylation is 1. The minimum Gasteiger partial charge on any atom is -0.350 e. The van der Waals surface area contributed by atoms with Crippen LogP contribution in [0, 0.1) is 12.8 Å². The number of rotatable bonds is 5. The molecule has 3 rings (SSSR count). The fourth-order valence-electron chi connectivity index (χ4n) is 2.86. The lowest BCUT2D eigenvalue weighted by atomic mass is 9.97. The first-order valence-electron chi connectivity index (χ1n) is 8.18. The normalized spacial score (nSPS) is 16.7. The molecule has 2 aromatic rings. The van der Waals surface area contributed by atoms with Crippen molar-refractivity contribution < 1.29 is 13.2 Å². The van der Waals surface area contributed by atoms with Crippen LogP contribution in [0.5, 0.6) is 0 Å². The lowest BCUT2D eigenvalue weighted by molar-refractivity contribution is -0.126. The molecule has 2 heterocycles. The lowest BCUT2D eigenvalue weighted by Gasteiger charge is -2.30. The number of aromatic nitrogens is 1. The number of hydrogen-bond acceptors (Lipinski definition) is 5. The molecule has 0 atom stereocenters. The number of thiazole rings is 1. The van der Waals surface area contributed by atoms with Crippen molar-refractivity contribution in [1.82, 2.24) is 14.6 Å². The molecule has 1 aliphatic rings. The maximum absolute atomic E-state index is 12.7. The zero-order chi connectivity index (χ0) is 17.9. The van der Waals surface area contributed by atoms with Crippen LogP contribution in [0.2, 0.25) is 0 Å². The number of piperidine rings is 1. The van der Waals surface area contributed by atoms with Crippen molar-refractivity contribution in [3.05, 3.63) is 46.4 Å². The highest BCUT2D eigenvalue weighted by Gasteiger charge is 2.31. The van der Waals surface area contributed by atoms with Crippen LogP contribution < -0.4 is 5.32 Å². The van der Waals surface area contributed by atoms with Gasteiger partial charge in [-0.25, -0.2) is 13.4 Å². The minimum absolute atomic E-state index is 0.0274. The van der Waals surface area contributed by atoms with Crippen molar-refractivity contribution in [3.8, 4) is 0 Å². The molecule has 1 N–H and O–H groups in total. The maximum atomic E-state index is 12.7. The number of carbonyl (C=O) groups is 1. The van der Waals surface area contributed by atoms with Gasteiger partial charge in [0, 0.05) is 24.4 Å². The quantitative estimate of drug-likeness (QED) is 0.863. The highest BCUT2D eigenvalue weighted by atomic mass is 32.2. The number of hydrogen-bond donors (Lipinski definition) is 1. The van der Waals surface area contributed by atoms with Gasteiger partial charge in [0.25, 0.3) is 0 Å². The molecule has 1 aromatic heterocycles. The molecule has 25 heavy (non-hydrogen) atoms. The molecule has 0 saturated carbocycles. The molecule has 1 saturated heterocycles. The van der Waals surface area contributed by atoms with Gasteiger partial charge in [0.1, 0.15) is 0 Å². The third-order valence-electron chi connectivity index (χ3n) is 4.41. The molecule has 0 radical (unpaired) electrons. The summed E-state index contributed by atoms with van der Waals surface area (Å²) in [5, 5.41) is 4.78. The van der Waals surface area contributed by atoms with Gasteiger partial charge in [0.05, 0.1) is 22.6 Å². The van der Waals surface area contributed by atoms with Crippen LogP contribution in [0.4, 0.5) is 0 Å². The van der Waals surface area contributed by atoms with Gasteiger partial charge in [0.15, 0.2) is 0 Å². The molecule has 134 valence electrons. The Balaban J connectivity index is 1.55. The SMILES string of the molecule is Cc1ccc(S(=O)(=O)N2CCC(C(=O)NCc3cscn3)CC2)cc1. The van der Waals surface area contributed by atoms with Gasteiger partial charge >= 0.3 is 0 Å². The molecule has 1 aromatic carbocycles. The molecule has 0 unspecified atom stereocenters. The van der Waals surface area contributed by atoms with E-state index >= 15 is 0 Å². The maximum Gasteiger partial charge on any atom is 0.243 e. The van der Waals surface area contributed by atoms with Crippen molar-refractivity contribution >= 4 is 27.3 Å². The van der Waals surface area contributed by atoms with Gasteiger partial charge in [-0.15, -0.1) is 11.3 Å². The molecule has 0 bridgehead atoms. The fraction of sp³-hybridized carbons (Fsp3) is 0.412. The summed E-state index contributed by atoms with van der Waals surface area (Å²) < 4.78 is 26.8. The van der Waals surface area contributed by atoms with Crippen LogP contribution in [0.15, 0.2) is 40.1 Å². The Bertz CT molecular complexity index is 809. The molecular formula is C17H21N3O3S2. The molecule has 0 aliphatic carbocycles. The Hall–Kier alpha value is -1.77. The zero-order valence-electron chi connectivity index (χ0n) is 14.0. The Morgan fingerprint density at radius 2 is 1.96 bits per heavy atom. The number of sulfonamides is 1. The van der Waals surface area contributed by atoms with Crippen LogP contribution in [-0.4, -0.2) is 36.7 Å². The van der Waals surface area contributed by atoms with E-state index in [4.69, 9.17) is 0 Å². The standard InChI is InChI=1S/C17H21N3O3S2/c1-13-2-4-16(5-3-13)25(22,23)20-8-6-14(7-9-20)17(21)18-10-15-11-24-12-19-15/h2-5,11-12,14H,6-10H2,1H3,(H,18,21). The molecule has 1 fully saturated rings. The van der Waals surface area contributed by atoms with Gasteiger partial charge in [-0.1, -0.05) is 17.7 Å². The highest BCUT2D eigenvalue weighted by molar-refractivity contribution is 7.89. The van der Waals surface area contributed by atoms with E-state index in [0.29, 0.717) is 37.4 Å². The van der Waals surface area contributed by atoms with E-state index in [1.807, 2.05) is 12.3 Å². The zero-order valence-corrected chi connectivity index (χ0v) is 15.6. The summed E-state index contributed by atoms with van der Waals surface area (Å²) in [4.78, 5) is 16.7. The average Bonchev–Trinajstić information content (AvgIpc) is 3.14. The van der Waals surface area contributed by atoms with E-state index in [1.54, 1.807) is 29.8 Å². The van der Waals surface area contributed by atoms with E-state index < -0.39 is 10.0 Å². The van der Waals surface area contributed by atoms with Gasteiger partial charge in [-0.05, 0) is 31.9 Å². The van der Waals surface area contributed by atoms with Crippen molar-refractivity contribution in [1.29, 1.82) is 0 Å². The first-order chi connectivity index (χ1) is 12.0. The van der Waals surface area contributed by atoms with Gasteiger partial charge in [0.2, 0.25) is 15.9 Å². The number of benzene rings is 1. The largest absolute Gasteiger partial charge is 0.350 e. The second kappa shape index (κ2) is 7.63. The van der Waals surface area contributed by atoms with E-state index in [0.717, 1.165) is 11.3 Å². The highest BCUT2D eigenvalue weighted by Crippen LogP contribution is 2.24. The van der Waals surface area contributed by atoms with Crippen LogP contribution in [0.3, 0.4) is 0 Å². The number of amides is 1. The molecule has 6 nitrogen and oxygen atoms in total.